The van der Waals surface area contributed by atoms with Gasteiger partial charge in [0.05, 0.1) is 18.4 Å². The van der Waals surface area contributed by atoms with Crippen molar-refractivity contribution in [2.75, 3.05) is 12.8 Å². The average Bonchev–Trinajstić information content (AvgIpc) is 2.75. The minimum absolute atomic E-state index is 0.120. The van der Waals surface area contributed by atoms with Gasteiger partial charge in [0, 0.05) is 16.4 Å². The molecule has 2 aromatic rings. The number of carbonyl (C=O) groups excluding carboxylic acids is 1. The van der Waals surface area contributed by atoms with E-state index in [1.54, 1.807) is 10.6 Å². The molecule has 0 atom stereocenters. The van der Waals surface area contributed by atoms with Gasteiger partial charge in [0.2, 0.25) is 0 Å². The number of ether oxygens (including phenoxy) is 1. The molecule has 0 saturated heterocycles. The number of anilines is 1. The molecular weight excluding hydrogens is 310 g/mol. The zero-order chi connectivity index (χ0) is 14.0. The van der Waals surface area contributed by atoms with Crippen molar-refractivity contribution in [1.29, 1.82) is 5.26 Å². The normalized spacial score (nSPS) is 9.95. The van der Waals surface area contributed by atoms with Crippen molar-refractivity contribution in [1.82, 2.24) is 4.57 Å². The summed E-state index contributed by atoms with van der Waals surface area (Å²) in [5.41, 5.74) is 7.03. The van der Waals surface area contributed by atoms with Gasteiger partial charge in [0.15, 0.2) is 5.69 Å². The van der Waals surface area contributed by atoms with Gasteiger partial charge in [-0.3, -0.25) is 0 Å². The Morgan fingerprint density at radius 1 is 1.53 bits per heavy atom. The quantitative estimate of drug-likeness (QED) is 0.862. The Balaban J connectivity index is 2.70. The van der Waals surface area contributed by atoms with E-state index < -0.39 is 5.97 Å². The number of carbonyl (C=O) groups is 1. The molecule has 2 rings (SSSR count). The Kier molecular flexibility index (Phi) is 3.58. The topological polar surface area (TPSA) is 81.0 Å². The maximum atomic E-state index is 11.8. The third-order valence-corrected chi connectivity index (χ3v) is 3.12. The van der Waals surface area contributed by atoms with Crippen LogP contribution in [0.3, 0.4) is 0 Å². The van der Waals surface area contributed by atoms with E-state index in [9.17, 15) is 4.79 Å². The third kappa shape index (κ3) is 2.33. The van der Waals surface area contributed by atoms with Crippen LogP contribution in [0.15, 0.2) is 34.9 Å². The highest BCUT2D eigenvalue weighted by Crippen LogP contribution is 2.25. The van der Waals surface area contributed by atoms with Crippen molar-refractivity contribution < 1.29 is 9.53 Å². The van der Waals surface area contributed by atoms with Crippen LogP contribution in [0.1, 0.15) is 16.1 Å². The lowest BCUT2D eigenvalue weighted by molar-refractivity contribution is 0.0593. The van der Waals surface area contributed by atoms with Crippen LogP contribution in [-0.2, 0) is 4.74 Å². The molecule has 2 N–H and O–H groups in total. The first-order chi connectivity index (χ1) is 9.08. The monoisotopic (exact) mass is 319 g/mol. The molecule has 0 radical (unpaired) electrons. The average molecular weight is 320 g/mol. The second-order valence-corrected chi connectivity index (χ2v) is 4.67. The summed E-state index contributed by atoms with van der Waals surface area (Å²) in [4.78, 5) is 11.8. The van der Waals surface area contributed by atoms with E-state index in [-0.39, 0.29) is 16.9 Å². The van der Waals surface area contributed by atoms with Crippen LogP contribution >= 0.6 is 15.9 Å². The molecular formula is C13H10BrN3O2. The van der Waals surface area contributed by atoms with Gasteiger partial charge in [-0.2, -0.15) is 5.26 Å². The number of esters is 1. The Bertz CT molecular complexity index is 686. The van der Waals surface area contributed by atoms with Gasteiger partial charge in [-0.05, 0) is 18.2 Å². The number of methoxy groups -OCH3 is 1. The summed E-state index contributed by atoms with van der Waals surface area (Å²) in [6.45, 7) is 0. The van der Waals surface area contributed by atoms with E-state index in [1.807, 2.05) is 24.3 Å². The summed E-state index contributed by atoms with van der Waals surface area (Å²) < 4.78 is 7.11. The molecule has 1 heterocycles. The highest BCUT2D eigenvalue weighted by molar-refractivity contribution is 9.10. The molecule has 1 aromatic carbocycles. The number of hydrogen-bond donors (Lipinski definition) is 1. The largest absolute Gasteiger partial charge is 0.464 e. The van der Waals surface area contributed by atoms with Crippen LogP contribution in [-0.4, -0.2) is 17.6 Å². The fourth-order valence-corrected chi connectivity index (χ4v) is 2.13. The van der Waals surface area contributed by atoms with Crippen LogP contribution < -0.4 is 5.73 Å². The van der Waals surface area contributed by atoms with Gasteiger partial charge < -0.3 is 15.0 Å². The van der Waals surface area contributed by atoms with Crippen molar-refractivity contribution >= 4 is 27.6 Å². The van der Waals surface area contributed by atoms with Gasteiger partial charge in [-0.1, -0.05) is 22.0 Å². The van der Waals surface area contributed by atoms with Crippen LogP contribution in [0.4, 0.5) is 5.69 Å². The van der Waals surface area contributed by atoms with Gasteiger partial charge in [-0.15, -0.1) is 0 Å². The number of halogens is 1. The van der Waals surface area contributed by atoms with Crippen LogP contribution in [0.25, 0.3) is 5.69 Å². The fraction of sp³-hybridized carbons (Fsp3) is 0.0769. The minimum Gasteiger partial charge on any atom is -0.464 e. The van der Waals surface area contributed by atoms with E-state index in [0.29, 0.717) is 5.69 Å². The molecule has 0 spiro atoms. The Morgan fingerprint density at radius 2 is 2.26 bits per heavy atom. The summed E-state index contributed by atoms with van der Waals surface area (Å²) in [5.74, 6) is -0.584. The zero-order valence-corrected chi connectivity index (χ0v) is 11.6. The number of rotatable bonds is 2. The molecule has 0 aliphatic carbocycles. The summed E-state index contributed by atoms with van der Waals surface area (Å²) in [5, 5.41) is 9.01. The molecule has 96 valence electrons. The molecule has 5 nitrogen and oxygen atoms in total. The lowest BCUT2D eigenvalue weighted by Gasteiger charge is -2.08. The van der Waals surface area contributed by atoms with Crippen LogP contribution in [0.5, 0.6) is 0 Å². The fourth-order valence-electron chi connectivity index (χ4n) is 1.74. The predicted octanol–water partition coefficient (Wildman–Crippen LogP) is 2.48. The molecule has 0 amide bonds. The Labute approximate surface area is 118 Å². The molecule has 6 heteroatoms. The predicted molar refractivity (Wildman–Crippen MR) is 73.9 cm³/mol. The van der Waals surface area contributed by atoms with Crippen LogP contribution in [0, 0.1) is 11.3 Å². The molecule has 0 bridgehead atoms. The molecule has 0 fully saturated rings. The number of nitrogens with two attached hydrogens (primary N) is 1. The maximum Gasteiger partial charge on any atom is 0.357 e. The van der Waals surface area contributed by atoms with Crippen LogP contribution in [0.2, 0.25) is 0 Å². The number of nitrogens with zero attached hydrogens (tertiary/aromatic N) is 2. The lowest BCUT2D eigenvalue weighted by atomic mass is 10.2. The molecule has 0 saturated carbocycles. The number of hydrogen-bond acceptors (Lipinski definition) is 4. The van der Waals surface area contributed by atoms with E-state index in [0.717, 1.165) is 4.47 Å². The second kappa shape index (κ2) is 5.16. The highest BCUT2D eigenvalue weighted by atomic mass is 79.9. The van der Waals surface area contributed by atoms with E-state index in [4.69, 9.17) is 15.7 Å². The van der Waals surface area contributed by atoms with Crippen molar-refractivity contribution in [2.45, 2.75) is 0 Å². The van der Waals surface area contributed by atoms with Gasteiger partial charge >= 0.3 is 5.97 Å². The van der Waals surface area contributed by atoms with Gasteiger partial charge in [-0.25, -0.2) is 4.79 Å². The lowest BCUT2D eigenvalue weighted by Crippen LogP contribution is -2.11. The highest BCUT2D eigenvalue weighted by Gasteiger charge is 2.21. The molecule has 1 aromatic heterocycles. The minimum atomic E-state index is -0.584. The van der Waals surface area contributed by atoms with Gasteiger partial charge in [0.1, 0.15) is 6.07 Å². The number of nitrogen functional groups attached to an aromatic ring is 1. The van der Waals surface area contributed by atoms with Crippen molar-refractivity contribution in [2.24, 2.45) is 0 Å². The van der Waals surface area contributed by atoms with Gasteiger partial charge in [0.25, 0.3) is 0 Å². The number of nitriles is 1. The molecule has 0 aliphatic heterocycles. The summed E-state index contributed by atoms with van der Waals surface area (Å²) >= 11 is 3.35. The Morgan fingerprint density at radius 3 is 2.84 bits per heavy atom. The molecule has 19 heavy (non-hydrogen) atoms. The first-order valence-corrected chi connectivity index (χ1v) is 6.13. The van der Waals surface area contributed by atoms with E-state index in [2.05, 4.69) is 15.9 Å². The first kappa shape index (κ1) is 13.2. The van der Waals surface area contributed by atoms with Crippen molar-refractivity contribution in [3.05, 3.63) is 46.2 Å². The summed E-state index contributed by atoms with van der Waals surface area (Å²) in [6, 6.07) is 9.25. The zero-order valence-electron chi connectivity index (χ0n) is 10.1. The smallest absolute Gasteiger partial charge is 0.357 e. The maximum absolute atomic E-state index is 11.8. The standard InChI is InChI=1S/C13H10BrN3O2/c1-19-13(18)12-11(16)8(6-15)7-17(12)10-4-2-3-9(14)5-10/h2-5,7H,16H2,1H3. The van der Waals surface area contributed by atoms with E-state index in [1.165, 1.54) is 13.3 Å². The number of benzene rings is 1. The Hall–Kier alpha value is -2.26. The first-order valence-electron chi connectivity index (χ1n) is 5.33. The summed E-state index contributed by atoms with van der Waals surface area (Å²) in [7, 11) is 1.27. The molecule has 0 unspecified atom stereocenters. The SMILES string of the molecule is COC(=O)c1c(N)c(C#N)cn1-c1cccc(Br)c1. The summed E-state index contributed by atoms with van der Waals surface area (Å²) in [6.07, 6.45) is 1.52. The van der Waals surface area contributed by atoms with Crippen molar-refractivity contribution in [3.63, 3.8) is 0 Å². The van der Waals surface area contributed by atoms with Crippen molar-refractivity contribution in [3.8, 4) is 11.8 Å². The molecule has 0 aliphatic rings. The second-order valence-electron chi connectivity index (χ2n) is 3.76. The number of aromatic nitrogens is 1. The van der Waals surface area contributed by atoms with E-state index >= 15 is 0 Å². The third-order valence-electron chi connectivity index (χ3n) is 2.63.